The second-order valence-corrected chi connectivity index (χ2v) is 6.68. The lowest BCUT2D eigenvalue weighted by molar-refractivity contribution is -0.129. The van der Waals surface area contributed by atoms with Crippen LogP contribution in [0.3, 0.4) is 0 Å². The Labute approximate surface area is 136 Å². The molecule has 0 unspecified atom stereocenters. The molecule has 3 N–H and O–H groups in total. The molecule has 6 nitrogen and oxygen atoms in total. The predicted molar refractivity (Wildman–Crippen MR) is 88.8 cm³/mol. The molecule has 124 valence electrons. The second kappa shape index (κ2) is 6.10. The van der Waals surface area contributed by atoms with E-state index in [2.05, 4.69) is 16.0 Å². The molecule has 3 rings (SSSR count). The van der Waals surface area contributed by atoms with Crippen LogP contribution in [0, 0.1) is 0 Å². The number of benzene rings is 1. The topological polar surface area (TPSA) is 79.5 Å². The Hall–Kier alpha value is -2.24. The molecule has 1 aromatic carbocycles. The highest BCUT2D eigenvalue weighted by atomic mass is 16.5. The van der Waals surface area contributed by atoms with Crippen molar-refractivity contribution in [2.24, 2.45) is 0 Å². The van der Waals surface area contributed by atoms with Gasteiger partial charge in [0.15, 0.2) is 5.60 Å². The van der Waals surface area contributed by atoms with Crippen LogP contribution >= 0.6 is 0 Å². The number of amides is 3. The molecule has 0 aromatic heterocycles. The zero-order chi connectivity index (χ0) is 16.4. The van der Waals surface area contributed by atoms with Crippen LogP contribution < -0.4 is 20.7 Å². The van der Waals surface area contributed by atoms with Crippen molar-refractivity contribution in [1.82, 2.24) is 5.32 Å². The van der Waals surface area contributed by atoms with Gasteiger partial charge in [0, 0.05) is 6.04 Å². The Morgan fingerprint density at radius 2 is 2.00 bits per heavy atom. The van der Waals surface area contributed by atoms with Crippen LogP contribution in [0.5, 0.6) is 5.75 Å². The lowest BCUT2D eigenvalue weighted by Gasteiger charge is -2.32. The fourth-order valence-corrected chi connectivity index (χ4v) is 3.03. The molecule has 0 saturated heterocycles. The van der Waals surface area contributed by atoms with Crippen LogP contribution in [-0.4, -0.2) is 23.6 Å². The Bertz CT molecular complexity index is 622. The standard InChI is InChI=1S/C17H23N3O3/c1-17(2)15(21)20-14-12(9-6-10-13(14)23-17)19-16(22)18-11-7-4-3-5-8-11/h6,9-11H,3-5,7-8H2,1-2H3,(H,20,21)(H2,18,19,22). The number of urea groups is 1. The summed E-state index contributed by atoms with van der Waals surface area (Å²) >= 11 is 0. The van der Waals surface area contributed by atoms with Crippen molar-refractivity contribution in [3.8, 4) is 5.75 Å². The normalized spacial score (nSPS) is 20.0. The van der Waals surface area contributed by atoms with Gasteiger partial charge in [-0.25, -0.2) is 4.79 Å². The van der Waals surface area contributed by atoms with E-state index in [1.165, 1.54) is 6.42 Å². The highest BCUT2D eigenvalue weighted by Gasteiger charge is 2.36. The minimum Gasteiger partial charge on any atom is -0.476 e. The maximum absolute atomic E-state index is 12.2. The van der Waals surface area contributed by atoms with Crippen LogP contribution in [-0.2, 0) is 4.79 Å². The van der Waals surface area contributed by atoms with Crippen molar-refractivity contribution >= 4 is 23.3 Å². The fourth-order valence-electron chi connectivity index (χ4n) is 3.03. The predicted octanol–water partition coefficient (Wildman–Crippen LogP) is 3.25. The fraction of sp³-hybridized carbons (Fsp3) is 0.529. The molecule has 0 bridgehead atoms. The number of rotatable bonds is 2. The van der Waals surface area contributed by atoms with Crippen LogP contribution in [0.1, 0.15) is 46.0 Å². The summed E-state index contributed by atoms with van der Waals surface area (Å²) in [7, 11) is 0. The molecular formula is C17H23N3O3. The minimum atomic E-state index is -0.921. The van der Waals surface area contributed by atoms with Crippen LogP contribution in [0.15, 0.2) is 18.2 Å². The van der Waals surface area contributed by atoms with Crippen molar-refractivity contribution in [2.75, 3.05) is 10.6 Å². The van der Waals surface area contributed by atoms with E-state index in [0.29, 0.717) is 17.1 Å². The summed E-state index contributed by atoms with van der Waals surface area (Å²) in [4.78, 5) is 24.3. The van der Waals surface area contributed by atoms with E-state index in [-0.39, 0.29) is 18.0 Å². The first-order valence-corrected chi connectivity index (χ1v) is 8.17. The van der Waals surface area contributed by atoms with Gasteiger partial charge in [0.1, 0.15) is 11.4 Å². The zero-order valence-electron chi connectivity index (χ0n) is 13.6. The van der Waals surface area contributed by atoms with Crippen molar-refractivity contribution in [2.45, 2.75) is 57.6 Å². The third-order valence-electron chi connectivity index (χ3n) is 4.37. The minimum absolute atomic E-state index is 0.230. The summed E-state index contributed by atoms with van der Waals surface area (Å²) in [6.07, 6.45) is 5.60. The highest BCUT2D eigenvalue weighted by Crippen LogP contribution is 2.38. The van der Waals surface area contributed by atoms with Gasteiger partial charge >= 0.3 is 6.03 Å². The number of hydrogen-bond acceptors (Lipinski definition) is 3. The van der Waals surface area contributed by atoms with Gasteiger partial charge in [-0.15, -0.1) is 0 Å². The van der Waals surface area contributed by atoms with Crippen molar-refractivity contribution in [3.63, 3.8) is 0 Å². The highest BCUT2D eigenvalue weighted by molar-refractivity contribution is 6.05. The van der Waals surface area contributed by atoms with Gasteiger partial charge in [0.05, 0.1) is 5.69 Å². The van der Waals surface area contributed by atoms with Gasteiger partial charge < -0.3 is 20.7 Å². The number of para-hydroxylation sites is 1. The molecule has 3 amide bonds. The van der Waals surface area contributed by atoms with Gasteiger partial charge in [0.25, 0.3) is 5.91 Å². The number of fused-ring (bicyclic) bond motifs is 1. The lowest BCUT2D eigenvalue weighted by atomic mass is 9.96. The van der Waals surface area contributed by atoms with Gasteiger partial charge in [-0.2, -0.15) is 0 Å². The number of carbonyl (C=O) groups excluding carboxylic acids is 2. The first-order chi connectivity index (χ1) is 11.0. The Morgan fingerprint density at radius 1 is 1.26 bits per heavy atom. The molecule has 2 aliphatic rings. The molecule has 0 radical (unpaired) electrons. The van der Waals surface area contributed by atoms with E-state index >= 15 is 0 Å². The average Bonchev–Trinajstić information content (AvgIpc) is 2.50. The molecule has 1 heterocycles. The van der Waals surface area contributed by atoms with Crippen molar-refractivity contribution in [1.29, 1.82) is 0 Å². The number of hydrogen-bond donors (Lipinski definition) is 3. The molecule has 1 fully saturated rings. The molecule has 1 aliphatic carbocycles. The van der Waals surface area contributed by atoms with Gasteiger partial charge in [-0.1, -0.05) is 25.3 Å². The zero-order valence-corrected chi connectivity index (χ0v) is 13.6. The molecule has 23 heavy (non-hydrogen) atoms. The monoisotopic (exact) mass is 317 g/mol. The Kier molecular flexibility index (Phi) is 4.15. The van der Waals surface area contributed by atoms with E-state index in [0.717, 1.165) is 25.7 Å². The van der Waals surface area contributed by atoms with E-state index in [1.54, 1.807) is 32.0 Å². The molecule has 6 heteroatoms. The van der Waals surface area contributed by atoms with E-state index in [4.69, 9.17) is 4.74 Å². The largest absolute Gasteiger partial charge is 0.476 e. The third kappa shape index (κ3) is 3.41. The van der Waals surface area contributed by atoms with Gasteiger partial charge in [0.2, 0.25) is 0 Å². The van der Waals surface area contributed by atoms with Crippen LogP contribution in [0.4, 0.5) is 16.2 Å². The Balaban J connectivity index is 1.71. The SMILES string of the molecule is CC1(C)Oc2cccc(NC(=O)NC3CCCCC3)c2NC1=O. The molecule has 0 atom stereocenters. The first kappa shape index (κ1) is 15.6. The number of anilines is 2. The van der Waals surface area contributed by atoms with Crippen molar-refractivity contribution < 1.29 is 14.3 Å². The maximum Gasteiger partial charge on any atom is 0.319 e. The summed E-state index contributed by atoms with van der Waals surface area (Å²) in [5.74, 6) is 0.331. The average molecular weight is 317 g/mol. The van der Waals surface area contributed by atoms with E-state index in [1.807, 2.05) is 0 Å². The van der Waals surface area contributed by atoms with Gasteiger partial charge in [-0.3, -0.25) is 4.79 Å². The number of carbonyl (C=O) groups is 2. The number of ether oxygens (including phenoxy) is 1. The van der Waals surface area contributed by atoms with E-state index in [9.17, 15) is 9.59 Å². The third-order valence-corrected chi connectivity index (χ3v) is 4.37. The molecule has 0 spiro atoms. The summed E-state index contributed by atoms with van der Waals surface area (Å²) < 4.78 is 5.72. The van der Waals surface area contributed by atoms with Crippen molar-refractivity contribution in [3.05, 3.63) is 18.2 Å². The molecule has 1 aliphatic heterocycles. The maximum atomic E-state index is 12.2. The molecule has 1 saturated carbocycles. The second-order valence-electron chi connectivity index (χ2n) is 6.68. The summed E-state index contributed by atoms with van der Waals surface area (Å²) in [5.41, 5.74) is 0.131. The molecule has 1 aromatic rings. The van der Waals surface area contributed by atoms with E-state index < -0.39 is 5.60 Å². The summed E-state index contributed by atoms with van der Waals surface area (Å²) in [6, 6.07) is 5.31. The Morgan fingerprint density at radius 3 is 2.74 bits per heavy atom. The quantitative estimate of drug-likeness (QED) is 0.783. The molecular weight excluding hydrogens is 294 g/mol. The van der Waals surface area contributed by atoms with Crippen LogP contribution in [0.25, 0.3) is 0 Å². The summed E-state index contributed by atoms with van der Waals surface area (Å²) in [5, 5.41) is 8.64. The first-order valence-electron chi connectivity index (χ1n) is 8.17. The summed E-state index contributed by atoms with van der Waals surface area (Å²) in [6.45, 7) is 3.42. The van der Waals surface area contributed by atoms with Gasteiger partial charge in [-0.05, 0) is 38.8 Å². The smallest absolute Gasteiger partial charge is 0.319 e. The number of nitrogens with one attached hydrogen (secondary N) is 3. The van der Waals surface area contributed by atoms with Crippen LogP contribution in [0.2, 0.25) is 0 Å². The lowest BCUT2D eigenvalue weighted by Crippen LogP contribution is -2.46.